The van der Waals surface area contributed by atoms with Crippen LogP contribution in [0.4, 0.5) is 0 Å². The van der Waals surface area contributed by atoms with E-state index in [2.05, 4.69) is 50.3 Å². The Labute approximate surface area is 247 Å². The van der Waals surface area contributed by atoms with Crippen LogP contribution in [0, 0.1) is 7.14 Å². The number of halogens is 2. The molecule has 0 atom stereocenters. The molecule has 1 aliphatic carbocycles. The van der Waals surface area contributed by atoms with Crippen LogP contribution < -0.4 is 19.8 Å². The molecule has 0 saturated heterocycles. The molecule has 2 heterocycles. The molecule has 0 radical (unpaired) electrons. The van der Waals surface area contributed by atoms with Crippen LogP contribution in [0.15, 0.2) is 64.5 Å². The third-order valence-corrected chi connectivity index (χ3v) is 8.51. The van der Waals surface area contributed by atoms with Gasteiger partial charge in [0, 0.05) is 5.92 Å². The van der Waals surface area contributed by atoms with Crippen LogP contribution in [-0.4, -0.2) is 22.7 Å². The van der Waals surface area contributed by atoms with Gasteiger partial charge in [-0.2, -0.15) is 9.78 Å². The van der Waals surface area contributed by atoms with E-state index in [0.29, 0.717) is 12.0 Å². The molecule has 4 aromatic rings. The van der Waals surface area contributed by atoms with Gasteiger partial charge in [0.15, 0.2) is 11.5 Å². The Morgan fingerprint density at radius 3 is 2.58 bits per heavy atom. The third kappa shape index (κ3) is 5.27. The zero-order valence-electron chi connectivity index (χ0n) is 20.5. The van der Waals surface area contributed by atoms with Gasteiger partial charge in [-0.3, -0.25) is 4.79 Å². The largest absolute Gasteiger partial charge is 0.487 e. The maximum absolute atomic E-state index is 13.5. The van der Waals surface area contributed by atoms with Crippen LogP contribution in [-0.2, 0) is 6.61 Å². The molecule has 0 amide bonds. The second-order valence-electron chi connectivity index (χ2n) is 9.47. The van der Waals surface area contributed by atoms with Crippen LogP contribution in [0.3, 0.4) is 0 Å². The minimum absolute atomic E-state index is 0.125. The molecular weight excluding hydrogens is 708 g/mol. The van der Waals surface area contributed by atoms with Crippen molar-refractivity contribution in [3.63, 3.8) is 0 Å². The van der Waals surface area contributed by atoms with E-state index < -0.39 is 0 Å². The number of fused-ring (bicyclic) bond motifs is 2. The Hall–Kier alpha value is -2.67. The average Bonchev–Trinajstić information content (AvgIpc) is 3.40. The number of aromatic nitrogens is 2. The monoisotopic (exact) mass is 733 g/mol. The first kappa shape index (κ1) is 25.6. The third-order valence-electron chi connectivity index (χ3n) is 6.91. The van der Waals surface area contributed by atoms with E-state index in [1.165, 1.54) is 11.1 Å². The van der Waals surface area contributed by atoms with Crippen LogP contribution in [0.1, 0.15) is 55.0 Å². The molecule has 9 heteroatoms. The van der Waals surface area contributed by atoms with Crippen molar-refractivity contribution in [3.05, 3.63) is 89.0 Å². The Morgan fingerprint density at radius 1 is 1.00 bits per heavy atom. The second-order valence-corrected chi connectivity index (χ2v) is 11.8. The highest BCUT2D eigenvalue weighted by molar-refractivity contribution is 14.1. The molecule has 0 unspecified atom stereocenters. The highest BCUT2D eigenvalue weighted by Gasteiger charge is 2.22. The van der Waals surface area contributed by atoms with Gasteiger partial charge in [-0.15, -0.1) is 0 Å². The summed E-state index contributed by atoms with van der Waals surface area (Å²) < 4.78 is 20.5. The van der Waals surface area contributed by atoms with E-state index >= 15 is 0 Å². The number of para-hydroxylation sites is 1. The van der Waals surface area contributed by atoms with E-state index in [-0.39, 0.29) is 18.3 Å². The van der Waals surface area contributed by atoms with Gasteiger partial charge in [-0.25, -0.2) is 4.98 Å². The molecule has 1 saturated carbocycles. The molecule has 1 aliphatic heterocycles. The van der Waals surface area contributed by atoms with Crippen molar-refractivity contribution < 1.29 is 14.2 Å². The summed E-state index contributed by atoms with van der Waals surface area (Å²) in [5.41, 5.74) is 2.51. The number of rotatable bonds is 6. The summed E-state index contributed by atoms with van der Waals surface area (Å²) >= 11 is 4.56. The second kappa shape index (κ2) is 11.2. The number of ether oxygens (including phenoxy) is 3. The molecule has 38 heavy (non-hydrogen) atoms. The Bertz CT molecular complexity index is 1570. The summed E-state index contributed by atoms with van der Waals surface area (Å²) in [6.45, 7) is 0.668. The van der Waals surface area contributed by atoms with Crippen molar-refractivity contribution in [3.8, 4) is 17.2 Å². The van der Waals surface area contributed by atoms with Crippen molar-refractivity contribution in [2.75, 3.05) is 6.79 Å². The maximum Gasteiger partial charge on any atom is 0.282 e. The van der Waals surface area contributed by atoms with Crippen molar-refractivity contribution in [1.82, 2.24) is 9.66 Å². The van der Waals surface area contributed by atoms with Crippen LogP contribution >= 0.6 is 45.2 Å². The Kier molecular flexibility index (Phi) is 7.55. The zero-order valence-corrected chi connectivity index (χ0v) is 24.8. The molecule has 7 nitrogen and oxygen atoms in total. The first-order valence-electron chi connectivity index (χ1n) is 12.6. The summed E-state index contributed by atoms with van der Waals surface area (Å²) in [7, 11) is 0. The van der Waals surface area contributed by atoms with Crippen LogP contribution in [0.2, 0.25) is 0 Å². The molecule has 2 aliphatic rings. The van der Waals surface area contributed by atoms with Crippen molar-refractivity contribution in [1.29, 1.82) is 0 Å². The van der Waals surface area contributed by atoms with Crippen molar-refractivity contribution in [2.24, 2.45) is 5.10 Å². The molecule has 0 N–H and O–H groups in total. The highest BCUT2D eigenvalue weighted by Crippen LogP contribution is 2.34. The van der Waals surface area contributed by atoms with Crippen LogP contribution in [0.5, 0.6) is 17.2 Å². The fourth-order valence-corrected chi connectivity index (χ4v) is 7.11. The fraction of sp³-hybridized carbons (Fsp3) is 0.276. The summed E-state index contributed by atoms with van der Waals surface area (Å²) in [6.07, 6.45) is 7.35. The summed E-state index contributed by atoms with van der Waals surface area (Å²) in [5, 5.41) is 5.27. The lowest BCUT2D eigenvalue weighted by Crippen LogP contribution is -2.25. The predicted molar refractivity (Wildman–Crippen MR) is 164 cm³/mol. The Balaban J connectivity index is 1.27. The lowest BCUT2D eigenvalue weighted by Gasteiger charge is -2.22. The van der Waals surface area contributed by atoms with Gasteiger partial charge < -0.3 is 14.2 Å². The van der Waals surface area contributed by atoms with Gasteiger partial charge in [-0.1, -0.05) is 37.5 Å². The lowest BCUT2D eigenvalue weighted by molar-refractivity contribution is 0.174. The van der Waals surface area contributed by atoms with E-state index in [0.717, 1.165) is 72.5 Å². The summed E-state index contributed by atoms with van der Waals surface area (Å²) in [4.78, 5) is 18.4. The van der Waals surface area contributed by atoms with Gasteiger partial charge in [0.2, 0.25) is 6.79 Å². The van der Waals surface area contributed by atoms with E-state index in [4.69, 9.17) is 19.2 Å². The molecule has 1 aromatic heterocycles. The molecule has 3 aromatic carbocycles. The van der Waals surface area contributed by atoms with E-state index in [1.54, 1.807) is 6.21 Å². The molecular formula is C29H25I2N3O4. The smallest absolute Gasteiger partial charge is 0.282 e. The van der Waals surface area contributed by atoms with Gasteiger partial charge in [0.05, 0.1) is 24.3 Å². The van der Waals surface area contributed by atoms with Gasteiger partial charge >= 0.3 is 0 Å². The first-order valence-corrected chi connectivity index (χ1v) is 14.8. The molecule has 0 bridgehead atoms. The number of hydrogen-bond acceptors (Lipinski definition) is 6. The van der Waals surface area contributed by atoms with Crippen molar-refractivity contribution in [2.45, 2.75) is 44.6 Å². The number of hydrogen-bond donors (Lipinski definition) is 0. The van der Waals surface area contributed by atoms with E-state index in [1.807, 2.05) is 54.6 Å². The summed E-state index contributed by atoms with van der Waals surface area (Å²) in [5.74, 6) is 3.32. The average molecular weight is 733 g/mol. The highest BCUT2D eigenvalue weighted by atomic mass is 127. The normalized spacial score (nSPS) is 15.4. The number of nitrogens with zero attached hydrogens (tertiary/aromatic N) is 3. The van der Waals surface area contributed by atoms with Gasteiger partial charge in [-0.05, 0) is 106 Å². The van der Waals surface area contributed by atoms with Gasteiger partial charge in [0.25, 0.3) is 5.56 Å². The Morgan fingerprint density at radius 2 is 1.76 bits per heavy atom. The summed E-state index contributed by atoms with van der Waals surface area (Å²) in [6, 6.07) is 17.4. The minimum atomic E-state index is -0.125. The number of benzene rings is 3. The molecule has 0 spiro atoms. The topological polar surface area (TPSA) is 74.9 Å². The van der Waals surface area contributed by atoms with Gasteiger partial charge in [0.1, 0.15) is 18.2 Å². The molecule has 1 fully saturated rings. The minimum Gasteiger partial charge on any atom is -0.487 e. The van der Waals surface area contributed by atoms with E-state index in [9.17, 15) is 4.79 Å². The quantitative estimate of drug-likeness (QED) is 0.160. The SMILES string of the molecule is O=c1c2ccccc2nc(C2CCCCC2)n1N=Cc1cc(I)c(OCc2ccc3c(c2)OCO3)c(I)c1. The van der Waals surface area contributed by atoms with Crippen molar-refractivity contribution >= 4 is 62.3 Å². The first-order chi connectivity index (χ1) is 18.6. The van der Waals surface area contributed by atoms with Crippen LogP contribution in [0.25, 0.3) is 10.9 Å². The predicted octanol–water partition coefficient (Wildman–Crippen LogP) is 6.84. The zero-order chi connectivity index (χ0) is 26.1. The maximum atomic E-state index is 13.5. The lowest BCUT2D eigenvalue weighted by atomic mass is 9.88. The molecule has 6 rings (SSSR count). The fourth-order valence-electron chi connectivity index (χ4n) is 4.98. The molecule has 194 valence electrons. The standard InChI is InChI=1S/C29H25I2N3O4/c30-22-12-19(13-23(31)27(22)36-16-18-10-11-25-26(14-18)38-17-37-25)15-32-34-28(20-6-2-1-3-7-20)33-24-9-5-4-8-21(24)29(34)35/h4-5,8-15,20H,1-3,6-7,16-17H2.